The van der Waals surface area contributed by atoms with Gasteiger partial charge in [-0.25, -0.2) is 0 Å². The number of H-pyrrole nitrogens is 1. The summed E-state index contributed by atoms with van der Waals surface area (Å²) in [4.78, 5) is 17.7. The van der Waals surface area contributed by atoms with Crippen LogP contribution in [0, 0.1) is 0 Å². The zero-order valence-electron chi connectivity index (χ0n) is 16.2. The maximum Gasteiger partial charge on any atom is 0.224 e. The minimum absolute atomic E-state index is 0.0863. The number of rotatable bonds is 4. The Morgan fingerprint density at radius 2 is 2.07 bits per heavy atom. The Hall–Kier alpha value is -2.75. The number of carbonyl (C=O) groups excluding carboxylic acids is 1. The van der Waals surface area contributed by atoms with Gasteiger partial charge in [-0.05, 0) is 50.5 Å². The van der Waals surface area contributed by atoms with Gasteiger partial charge in [0, 0.05) is 35.0 Å². The van der Waals surface area contributed by atoms with Crippen LogP contribution < -0.4 is 9.64 Å². The molecule has 3 aromatic rings. The molecule has 4 nitrogen and oxygen atoms in total. The molecule has 0 aliphatic carbocycles. The molecule has 0 saturated heterocycles. The number of nitrogens with zero attached hydrogens (tertiary/aromatic N) is 1. The van der Waals surface area contributed by atoms with Gasteiger partial charge in [0.25, 0.3) is 0 Å². The van der Waals surface area contributed by atoms with Gasteiger partial charge in [-0.1, -0.05) is 25.1 Å². The molecule has 27 heavy (non-hydrogen) atoms. The number of aromatic amines is 1. The second-order valence-electron chi connectivity index (χ2n) is 7.34. The number of benzene rings is 2. The molecule has 0 radical (unpaired) electrons. The van der Waals surface area contributed by atoms with E-state index in [1.54, 1.807) is 6.92 Å². The summed E-state index contributed by atoms with van der Waals surface area (Å²) in [5, 5.41) is 1.19. The minimum Gasteiger partial charge on any atom is -0.493 e. The van der Waals surface area contributed by atoms with E-state index in [0.29, 0.717) is 6.61 Å². The lowest BCUT2D eigenvalue weighted by Crippen LogP contribution is -2.40. The van der Waals surface area contributed by atoms with Crippen LogP contribution in [0.2, 0.25) is 0 Å². The SMILES string of the molecule is CCCOc1c(-c2cc3ccccc3[nH]2)ccc2c1CC[C@H](C)N2C(C)=O. The van der Waals surface area contributed by atoms with Crippen molar-refractivity contribution in [3.8, 4) is 17.0 Å². The van der Waals surface area contributed by atoms with Crippen LogP contribution in [0.15, 0.2) is 42.5 Å². The van der Waals surface area contributed by atoms with Crippen molar-refractivity contribution in [3.05, 3.63) is 48.0 Å². The van der Waals surface area contributed by atoms with Crippen LogP contribution in [0.1, 0.15) is 39.2 Å². The maximum atomic E-state index is 12.2. The molecule has 1 N–H and O–H groups in total. The van der Waals surface area contributed by atoms with Gasteiger partial charge in [-0.2, -0.15) is 0 Å². The summed E-state index contributed by atoms with van der Waals surface area (Å²) in [6.07, 6.45) is 2.82. The van der Waals surface area contributed by atoms with Crippen molar-refractivity contribution in [1.29, 1.82) is 0 Å². The fraction of sp³-hybridized carbons (Fsp3) is 0.348. The van der Waals surface area contributed by atoms with Crippen LogP contribution in [0.4, 0.5) is 5.69 Å². The number of amides is 1. The topological polar surface area (TPSA) is 45.3 Å². The molecule has 1 amide bonds. The van der Waals surface area contributed by atoms with Gasteiger partial charge in [0.2, 0.25) is 5.91 Å². The Balaban J connectivity index is 1.88. The summed E-state index contributed by atoms with van der Waals surface area (Å²) >= 11 is 0. The number of aromatic nitrogens is 1. The van der Waals surface area contributed by atoms with Crippen LogP contribution in [0.5, 0.6) is 5.75 Å². The number of ether oxygens (including phenoxy) is 1. The highest BCUT2D eigenvalue weighted by atomic mass is 16.5. The van der Waals surface area contributed by atoms with Crippen LogP contribution >= 0.6 is 0 Å². The van der Waals surface area contributed by atoms with Crippen LogP contribution in [-0.2, 0) is 11.2 Å². The first-order valence-corrected chi connectivity index (χ1v) is 9.76. The summed E-state index contributed by atoms with van der Waals surface area (Å²) in [6.45, 7) is 6.54. The predicted molar refractivity (Wildman–Crippen MR) is 110 cm³/mol. The minimum atomic E-state index is 0.0863. The lowest BCUT2D eigenvalue weighted by Gasteiger charge is -2.36. The fourth-order valence-corrected chi connectivity index (χ4v) is 4.08. The molecule has 140 valence electrons. The van der Waals surface area contributed by atoms with Crippen LogP contribution in [0.25, 0.3) is 22.2 Å². The summed E-state index contributed by atoms with van der Waals surface area (Å²) in [5.74, 6) is 1.00. The Morgan fingerprint density at radius 1 is 1.26 bits per heavy atom. The van der Waals surface area contributed by atoms with Crippen molar-refractivity contribution in [2.45, 2.75) is 46.1 Å². The van der Waals surface area contributed by atoms with Crippen LogP contribution in [0.3, 0.4) is 0 Å². The molecule has 4 heteroatoms. The summed E-state index contributed by atoms with van der Waals surface area (Å²) in [5.41, 5.74) is 5.38. The molecule has 2 aromatic carbocycles. The third-order valence-corrected chi connectivity index (χ3v) is 5.36. The van der Waals surface area contributed by atoms with Gasteiger partial charge in [-0.3, -0.25) is 4.79 Å². The summed E-state index contributed by atoms with van der Waals surface area (Å²) < 4.78 is 6.24. The highest BCUT2D eigenvalue weighted by Crippen LogP contribution is 2.43. The first kappa shape index (κ1) is 17.7. The van der Waals surface area contributed by atoms with Crippen molar-refractivity contribution in [2.75, 3.05) is 11.5 Å². The monoisotopic (exact) mass is 362 g/mol. The number of carbonyl (C=O) groups is 1. The van der Waals surface area contributed by atoms with Crippen LogP contribution in [-0.4, -0.2) is 23.5 Å². The maximum absolute atomic E-state index is 12.2. The number of hydrogen-bond donors (Lipinski definition) is 1. The van der Waals surface area contributed by atoms with Crippen molar-refractivity contribution in [1.82, 2.24) is 4.98 Å². The van der Waals surface area contributed by atoms with Gasteiger partial charge in [0.05, 0.1) is 18.0 Å². The second kappa shape index (κ2) is 7.10. The fourth-order valence-electron chi connectivity index (χ4n) is 4.08. The molecule has 0 fully saturated rings. The largest absolute Gasteiger partial charge is 0.493 e. The highest BCUT2D eigenvalue weighted by Gasteiger charge is 2.30. The van der Waals surface area contributed by atoms with Gasteiger partial charge >= 0.3 is 0 Å². The highest BCUT2D eigenvalue weighted by molar-refractivity contribution is 5.95. The summed E-state index contributed by atoms with van der Waals surface area (Å²) in [7, 11) is 0. The van der Waals surface area contributed by atoms with E-state index in [2.05, 4.69) is 49.2 Å². The average Bonchev–Trinajstić information content (AvgIpc) is 3.09. The van der Waals surface area contributed by atoms with E-state index in [0.717, 1.165) is 53.0 Å². The third-order valence-electron chi connectivity index (χ3n) is 5.36. The smallest absolute Gasteiger partial charge is 0.224 e. The standard InChI is InChI=1S/C23H26N2O2/c1-4-13-27-23-18(21-14-17-7-5-6-8-20(17)24-21)11-12-22-19(23)10-9-15(2)25(22)16(3)26/h5-8,11-12,14-15,24H,4,9-10,13H2,1-3H3/t15-/m0/s1. The third kappa shape index (κ3) is 3.09. The molecule has 0 bridgehead atoms. The number of para-hydroxylation sites is 1. The Labute approximate surface area is 160 Å². The summed E-state index contributed by atoms with van der Waals surface area (Å²) in [6, 6.07) is 14.8. The first-order valence-electron chi connectivity index (χ1n) is 9.76. The number of hydrogen-bond acceptors (Lipinski definition) is 2. The van der Waals surface area contributed by atoms with Crippen molar-refractivity contribution in [3.63, 3.8) is 0 Å². The van der Waals surface area contributed by atoms with Crippen molar-refractivity contribution >= 4 is 22.5 Å². The number of nitrogens with one attached hydrogen (secondary N) is 1. The zero-order valence-corrected chi connectivity index (χ0v) is 16.2. The van der Waals surface area contributed by atoms with E-state index >= 15 is 0 Å². The van der Waals surface area contributed by atoms with Crippen molar-refractivity contribution < 1.29 is 9.53 Å². The lowest BCUT2D eigenvalue weighted by molar-refractivity contribution is -0.117. The molecule has 4 rings (SSSR count). The molecular weight excluding hydrogens is 336 g/mol. The Morgan fingerprint density at radius 3 is 2.81 bits per heavy atom. The molecule has 0 saturated carbocycles. The molecule has 0 spiro atoms. The number of fused-ring (bicyclic) bond motifs is 2. The average molecular weight is 362 g/mol. The molecule has 1 aliphatic rings. The Bertz CT molecular complexity index is 956. The molecule has 1 atom stereocenters. The van der Waals surface area contributed by atoms with Gasteiger partial charge in [-0.15, -0.1) is 0 Å². The number of anilines is 1. The van der Waals surface area contributed by atoms with Gasteiger partial charge < -0.3 is 14.6 Å². The predicted octanol–water partition coefficient (Wildman–Crippen LogP) is 5.31. The van der Waals surface area contributed by atoms with E-state index in [9.17, 15) is 4.79 Å². The zero-order chi connectivity index (χ0) is 19.0. The quantitative estimate of drug-likeness (QED) is 0.683. The van der Waals surface area contributed by atoms with E-state index in [1.165, 1.54) is 5.39 Å². The molecule has 2 heterocycles. The van der Waals surface area contributed by atoms with Gasteiger partial charge in [0.15, 0.2) is 0 Å². The normalized spacial score (nSPS) is 16.4. The van der Waals surface area contributed by atoms with E-state index in [1.807, 2.05) is 17.0 Å². The van der Waals surface area contributed by atoms with E-state index in [-0.39, 0.29) is 11.9 Å². The lowest BCUT2D eigenvalue weighted by atomic mass is 9.92. The molecule has 0 unspecified atom stereocenters. The second-order valence-corrected chi connectivity index (χ2v) is 7.34. The molecule has 1 aliphatic heterocycles. The van der Waals surface area contributed by atoms with Crippen molar-refractivity contribution in [2.24, 2.45) is 0 Å². The van der Waals surface area contributed by atoms with E-state index in [4.69, 9.17) is 4.74 Å². The van der Waals surface area contributed by atoms with Gasteiger partial charge in [0.1, 0.15) is 5.75 Å². The Kier molecular flexibility index (Phi) is 4.65. The van der Waals surface area contributed by atoms with E-state index < -0.39 is 0 Å². The first-order chi connectivity index (χ1) is 13.1. The molecule has 1 aromatic heterocycles. The molecular formula is C23H26N2O2.